The highest BCUT2D eigenvalue weighted by atomic mass is 32.1. The molecule has 0 saturated heterocycles. The number of rotatable bonds is 3. The number of thiophene rings is 1. The van der Waals surface area contributed by atoms with Crippen LogP contribution in [0, 0.1) is 0 Å². The molecule has 0 radical (unpaired) electrons. The second-order valence-electron chi connectivity index (χ2n) is 4.19. The molecule has 1 nitrogen and oxygen atoms in total. The zero-order valence-electron chi connectivity index (χ0n) is 10.4. The maximum absolute atomic E-state index is 4.42. The minimum absolute atomic E-state index is 1.01. The molecule has 3 rings (SSSR count). The highest BCUT2D eigenvalue weighted by Crippen LogP contribution is 2.23. The number of benzene rings is 1. The Kier molecular flexibility index (Phi) is 3.52. The first-order chi connectivity index (χ1) is 9.43. The van der Waals surface area contributed by atoms with E-state index in [2.05, 4.69) is 52.2 Å². The summed E-state index contributed by atoms with van der Waals surface area (Å²) in [5.41, 5.74) is 4.59. The summed E-state index contributed by atoms with van der Waals surface area (Å²) in [6.07, 6.45) is 6.11. The predicted molar refractivity (Wildman–Crippen MR) is 82.9 cm³/mol. The average molecular weight is 263 g/mol. The molecular weight excluding hydrogens is 250 g/mol. The van der Waals surface area contributed by atoms with E-state index in [1.165, 1.54) is 11.1 Å². The van der Waals surface area contributed by atoms with E-state index in [-0.39, 0.29) is 0 Å². The summed E-state index contributed by atoms with van der Waals surface area (Å²) >= 11 is 1.71. The van der Waals surface area contributed by atoms with Gasteiger partial charge in [0.05, 0.1) is 5.69 Å². The molecule has 0 saturated carbocycles. The van der Waals surface area contributed by atoms with Crippen LogP contribution in [0.15, 0.2) is 65.5 Å². The Bertz CT molecular complexity index is 670. The van der Waals surface area contributed by atoms with Crippen LogP contribution in [-0.2, 0) is 0 Å². The van der Waals surface area contributed by atoms with Crippen LogP contribution in [0.2, 0.25) is 0 Å². The van der Waals surface area contributed by atoms with Crippen molar-refractivity contribution in [3.05, 3.63) is 76.6 Å². The van der Waals surface area contributed by atoms with Crippen molar-refractivity contribution < 1.29 is 0 Å². The maximum Gasteiger partial charge on any atom is 0.0707 e. The topological polar surface area (TPSA) is 12.9 Å². The Labute approximate surface area is 116 Å². The third-order valence-electron chi connectivity index (χ3n) is 2.90. The van der Waals surface area contributed by atoms with Crippen LogP contribution >= 0.6 is 11.3 Å². The minimum atomic E-state index is 1.01. The Hall–Kier alpha value is -2.19. The maximum atomic E-state index is 4.42. The molecule has 19 heavy (non-hydrogen) atoms. The summed E-state index contributed by atoms with van der Waals surface area (Å²) in [7, 11) is 0. The van der Waals surface area contributed by atoms with Crippen LogP contribution in [0.3, 0.4) is 0 Å². The fraction of sp³-hybridized carbons (Fsp3) is 0. The molecule has 0 aliphatic carbocycles. The summed E-state index contributed by atoms with van der Waals surface area (Å²) in [6, 6.07) is 16.4. The van der Waals surface area contributed by atoms with Crippen molar-refractivity contribution in [2.75, 3.05) is 0 Å². The quantitative estimate of drug-likeness (QED) is 0.649. The van der Waals surface area contributed by atoms with Gasteiger partial charge in [0.25, 0.3) is 0 Å². The second kappa shape index (κ2) is 5.63. The number of aromatic nitrogens is 1. The van der Waals surface area contributed by atoms with Gasteiger partial charge in [-0.25, -0.2) is 0 Å². The number of nitrogens with zero attached hydrogens (tertiary/aromatic N) is 1. The summed E-state index contributed by atoms with van der Waals surface area (Å²) in [6.45, 7) is 0. The van der Waals surface area contributed by atoms with Crippen molar-refractivity contribution in [2.45, 2.75) is 0 Å². The highest BCUT2D eigenvalue weighted by molar-refractivity contribution is 7.08. The second-order valence-corrected chi connectivity index (χ2v) is 4.97. The molecule has 92 valence electrons. The molecule has 0 aliphatic heterocycles. The van der Waals surface area contributed by atoms with Gasteiger partial charge in [0.1, 0.15) is 0 Å². The standard InChI is InChI=1S/C17H13NS/c1-2-6-16(17-7-3-4-11-18-17)15(5-1)9-8-14-10-12-19-13-14/h1-13H/b9-8+. The molecule has 2 aromatic heterocycles. The SMILES string of the molecule is C(=C\c1ccccc1-c1ccccn1)/c1ccsc1. The van der Waals surface area contributed by atoms with E-state index in [9.17, 15) is 0 Å². The van der Waals surface area contributed by atoms with Gasteiger partial charge in [-0.1, -0.05) is 42.5 Å². The van der Waals surface area contributed by atoms with Crippen LogP contribution in [0.1, 0.15) is 11.1 Å². The van der Waals surface area contributed by atoms with Gasteiger partial charge in [-0.2, -0.15) is 11.3 Å². The molecule has 0 amide bonds. The van der Waals surface area contributed by atoms with E-state index < -0.39 is 0 Å². The molecule has 0 unspecified atom stereocenters. The van der Waals surface area contributed by atoms with Crippen molar-refractivity contribution in [1.82, 2.24) is 4.98 Å². The summed E-state index contributed by atoms with van der Waals surface area (Å²) in [4.78, 5) is 4.42. The lowest BCUT2D eigenvalue weighted by Gasteiger charge is -2.04. The zero-order valence-corrected chi connectivity index (χ0v) is 11.2. The molecule has 0 fully saturated rings. The Morgan fingerprint density at radius 3 is 2.58 bits per heavy atom. The van der Waals surface area contributed by atoms with Gasteiger partial charge >= 0.3 is 0 Å². The third kappa shape index (κ3) is 2.80. The summed E-state index contributed by atoms with van der Waals surface area (Å²) in [5.74, 6) is 0. The van der Waals surface area contributed by atoms with Crippen LogP contribution in [0.25, 0.3) is 23.4 Å². The predicted octanol–water partition coefficient (Wildman–Crippen LogP) is 4.98. The molecule has 1 aromatic carbocycles. The molecule has 0 aliphatic rings. The van der Waals surface area contributed by atoms with E-state index in [0.717, 1.165) is 11.3 Å². The largest absolute Gasteiger partial charge is 0.256 e. The van der Waals surface area contributed by atoms with Crippen LogP contribution in [0.5, 0.6) is 0 Å². The normalized spacial score (nSPS) is 10.9. The van der Waals surface area contributed by atoms with E-state index in [0.29, 0.717) is 0 Å². The molecular formula is C17H13NS. The van der Waals surface area contributed by atoms with Crippen molar-refractivity contribution in [2.24, 2.45) is 0 Å². The van der Waals surface area contributed by atoms with Crippen molar-refractivity contribution in [3.8, 4) is 11.3 Å². The lowest BCUT2D eigenvalue weighted by atomic mass is 10.0. The zero-order chi connectivity index (χ0) is 12.9. The van der Waals surface area contributed by atoms with Crippen LogP contribution in [0.4, 0.5) is 0 Å². The first kappa shape index (κ1) is 11.9. The van der Waals surface area contributed by atoms with E-state index in [1.54, 1.807) is 11.3 Å². The van der Waals surface area contributed by atoms with Gasteiger partial charge < -0.3 is 0 Å². The molecule has 0 spiro atoms. The molecule has 0 bridgehead atoms. The van der Waals surface area contributed by atoms with Crippen molar-refractivity contribution in [3.63, 3.8) is 0 Å². The summed E-state index contributed by atoms with van der Waals surface area (Å²) in [5, 5.41) is 4.23. The van der Waals surface area contributed by atoms with Gasteiger partial charge in [0.2, 0.25) is 0 Å². The van der Waals surface area contributed by atoms with E-state index >= 15 is 0 Å². The average Bonchev–Trinajstić information content (AvgIpc) is 3.00. The van der Waals surface area contributed by atoms with Gasteiger partial charge in [-0.15, -0.1) is 0 Å². The molecule has 3 aromatic rings. The van der Waals surface area contributed by atoms with Crippen LogP contribution in [-0.4, -0.2) is 4.98 Å². The Morgan fingerprint density at radius 2 is 1.79 bits per heavy atom. The number of hydrogen-bond donors (Lipinski definition) is 0. The molecule has 2 heterocycles. The Morgan fingerprint density at radius 1 is 0.895 bits per heavy atom. The van der Waals surface area contributed by atoms with Gasteiger partial charge in [-0.3, -0.25) is 4.98 Å². The number of hydrogen-bond acceptors (Lipinski definition) is 2. The van der Waals surface area contributed by atoms with Crippen molar-refractivity contribution in [1.29, 1.82) is 0 Å². The van der Waals surface area contributed by atoms with Gasteiger partial charge in [0, 0.05) is 11.8 Å². The first-order valence-electron chi connectivity index (χ1n) is 6.14. The van der Waals surface area contributed by atoms with Crippen LogP contribution < -0.4 is 0 Å². The van der Waals surface area contributed by atoms with E-state index in [1.807, 2.05) is 30.5 Å². The molecule has 2 heteroatoms. The first-order valence-corrected chi connectivity index (χ1v) is 7.08. The van der Waals surface area contributed by atoms with E-state index in [4.69, 9.17) is 0 Å². The minimum Gasteiger partial charge on any atom is -0.256 e. The fourth-order valence-electron chi connectivity index (χ4n) is 1.95. The van der Waals surface area contributed by atoms with Gasteiger partial charge in [-0.05, 0) is 40.1 Å². The highest BCUT2D eigenvalue weighted by Gasteiger charge is 2.02. The summed E-state index contributed by atoms with van der Waals surface area (Å²) < 4.78 is 0. The lowest BCUT2D eigenvalue weighted by Crippen LogP contribution is -1.85. The number of pyridine rings is 1. The molecule has 0 N–H and O–H groups in total. The lowest BCUT2D eigenvalue weighted by molar-refractivity contribution is 1.32. The third-order valence-corrected chi connectivity index (χ3v) is 3.60. The fourth-order valence-corrected chi connectivity index (χ4v) is 2.58. The molecule has 0 atom stereocenters. The Balaban J connectivity index is 1.99. The van der Waals surface area contributed by atoms with Gasteiger partial charge in [0.15, 0.2) is 0 Å². The smallest absolute Gasteiger partial charge is 0.0707 e. The van der Waals surface area contributed by atoms with Crippen molar-refractivity contribution >= 4 is 23.5 Å². The monoisotopic (exact) mass is 263 g/mol.